The van der Waals surface area contributed by atoms with E-state index in [0.717, 1.165) is 0 Å². The van der Waals surface area contributed by atoms with Gasteiger partial charge in [-0.1, -0.05) is 31.7 Å². The smallest absolute Gasteiger partial charge is 0.0636 e. The number of hydrogen-bond donors (Lipinski definition) is 1. The molecule has 1 nitrogen and oxygen atoms in total. The predicted octanol–water partition coefficient (Wildman–Crippen LogP) is 1.87. The van der Waals surface area contributed by atoms with Crippen molar-refractivity contribution in [1.29, 1.82) is 0 Å². The van der Waals surface area contributed by atoms with Crippen LogP contribution >= 0.6 is 0 Å². The molecule has 9 heavy (non-hydrogen) atoms. The molecule has 0 saturated heterocycles. The Balaban J connectivity index is 4.80. The average Bonchev–Trinajstić information content (AvgIpc) is 1.77. The lowest BCUT2D eigenvalue weighted by atomic mass is 10.4. The van der Waals surface area contributed by atoms with Crippen LogP contribution in [0.5, 0.6) is 0 Å². The minimum absolute atomic E-state index is 0.105. The second-order valence-electron chi connectivity index (χ2n) is 3.33. The molecule has 0 radical (unpaired) electrons. The first-order chi connectivity index (χ1) is 5.54. The summed E-state index contributed by atoms with van der Waals surface area (Å²) in [6, 6.07) is 0.346. The van der Waals surface area contributed by atoms with Crippen LogP contribution < -0.4 is 0 Å². The maximum absolute atomic E-state index is 9.07. The molecule has 0 unspecified atom stereocenters. The van der Waals surface area contributed by atoms with Gasteiger partial charge < -0.3 is 5.11 Å². The van der Waals surface area contributed by atoms with Crippen LogP contribution in [0.25, 0.3) is 0 Å². The van der Waals surface area contributed by atoms with Gasteiger partial charge in [0.25, 0.3) is 0 Å². The number of hydrogen-bond acceptors (Lipinski definition) is 1. The van der Waals surface area contributed by atoms with Gasteiger partial charge in [-0.3, -0.25) is 0 Å². The monoisotopic (exact) mass is 148 g/mol. The van der Waals surface area contributed by atoms with E-state index in [1.165, 1.54) is 0 Å². The Morgan fingerprint density at radius 3 is 2.44 bits per heavy atom. The van der Waals surface area contributed by atoms with Gasteiger partial charge in [0.15, 0.2) is 0 Å². The van der Waals surface area contributed by atoms with E-state index in [9.17, 15) is 0 Å². The summed E-state index contributed by atoms with van der Waals surface area (Å²) < 4.78 is 28.2. The van der Waals surface area contributed by atoms with Crippen LogP contribution in [-0.4, -0.2) is 19.7 Å². The van der Waals surface area contributed by atoms with Gasteiger partial charge >= 0.3 is 0 Å². The van der Waals surface area contributed by atoms with Gasteiger partial charge in [-0.2, -0.15) is 0 Å². The van der Waals surface area contributed by atoms with E-state index < -0.39 is 21.2 Å². The molecule has 0 rings (SSSR count). The quantitative estimate of drug-likeness (QED) is 0.478. The highest BCUT2D eigenvalue weighted by molar-refractivity contribution is 6.76. The van der Waals surface area contributed by atoms with Crippen molar-refractivity contribution in [1.82, 2.24) is 0 Å². The van der Waals surface area contributed by atoms with Gasteiger partial charge in [-0.25, -0.2) is 0 Å². The average molecular weight is 148 g/mol. The normalized spacial score (nSPS) is 19.1. The highest BCUT2D eigenvalue weighted by Crippen LogP contribution is 2.13. The summed E-state index contributed by atoms with van der Waals surface area (Å²) in [6.45, 7) is 2.89. The fourth-order valence-electron chi connectivity index (χ4n) is 0.570. The van der Waals surface area contributed by atoms with Crippen LogP contribution in [0.15, 0.2) is 12.1 Å². The maximum atomic E-state index is 9.07. The topological polar surface area (TPSA) is 20.2 Å². The first-order valence-electron chi connectivity index (χ1n) is 4.93. The molecule has 1 N–H and O–H groups in total. The molecule has 0 aliphatic carbocycles. The molecule has 0 aromatic carbocycles. The summed E-state index contributed by atoms with van der Waals surface area (Å²) in [5, 5.41) is 9.07. The van der Waals surface area contributed by atoms with Crippen molar-refractivity contribution in [2.75, 3.05) is 6.56 Å². The summed E-state index contributed by atoms with van der Waals surface area (Å²) in [5.74, 6) is 0. The van der Waals surface area contributed by atoms with E-state index in [1.807, 2.05) is 19.6 Å². The highest BCUT2D eigenvalue weighted by atomic mass is 28.3. The maximum Gasteiger partial charge on any atom is 0.0636 e. The lowest BCUT2D eigenvalue weighted by Gasteiger charge is -2.15. The fraction of sp³-hybridized carbons (Fsp3) is 0.714. The van der Waals surface area contributed by atoms with Crippen molar-refractivity contribution in [2.45, 2.75) is 25.7 Å². The minimum atomic E-state index is -2.51. The summed E-state index contributed by atoms with van der Waals surface area (Å²) in [7, 11) is -1.59. The van der Waals surface area contributed by atoms with Gasteiger partial charge in [0.1, 0.15) is 0 Å². The largest absolute Gasteiger partial charge is 0.392 e. The summed E-state index contributed by atoms with van der Waals surface area (Å²) in [4.78, 5) is 0. The Kier molecular flexibility index (Phi) is 1.39. The second-order valence-corrected chi connectivity index (χ2v) is 8.80. The molecular formula is C7H16OSi. The lowest BCUT2D eigenvalue weighted by Crippen LogP contribution is -2.20. The first kappa shape index (κ1) is 3.94. The third kappa shape index (κ3) is 5.79. The summed E-state index contributed by atoms with van der Waals surface area (Å²) in [6.07, 6.45) is 0. The minimum Gasteiger partial charge on any atom is -0.392 e. The molecule has 0 bridgehead atoms. The molecule has 0 aromatic rings. The van der Waals surface area contributed by atoms with E-state index in [4.69, 9.17) is 10.6 Å². The van der Waals surface area contributed by atoms with Gasteiger partial charge in [0, 0.05) is 8.07 Å². The Labute approximate surface area is 64.0 Å². The Hall–Kier alpha value is -0.0831. The fourth-order valence-corrected chi connectivity index (χ4v) is 1.71. The van der Waals surface area contributed by atoms with E-state index in [0.29, 0.717) is 6.04 Å². The van der Waals surface area contributed by atoms with Crippen LogP contribution in [0.2, 0.25) is 25.7 Å². The van der Waals surface area contributed by atoms with Gasteiger partial charge in [0.05, 0.1) is 12.0 Å². The summed E-state index contributed by atoms with van der Waals surface area (Å²) in [5.41, 5.74) is -0.105. The molecule has 0 aliphatic heterocycles. The number of rotatable bonds is 3. The lowest BCUT2D eigenvalue weighted by molar-refractivity contribution is 0.331. The standard InChI is InChI=1S/C7H16OSi/c1-7(5-8)6-9(2,3)4/h8H,1,5-6H2,2-4H3/i1D2,5D2. The molecule has 0 aliphatic rings. The van der Waals surface area contributed by atoms with E-state index in [2.05, 4.69) is 0 Å². The molecule has 0 fully saturated rings. The van der Waals surface area contributed by atoms with Crippen molar-refractivity contribution in [2.24, 2.45) is 0 Å². The highest BCUT2D eigenvalue weighted by Gasteiger charge is 2.13. The molecule has 0 spiro atoms. The van der Waals surface area contributed by atoms with E-state index in [-0.39, 0.29) is 5.57 Å². The predicted molar refractivity (Wildman–Crippen MR) is 44.4 cm³/mol. The van der Waals surface area contributed by atoms with Crippen LogP contribution in [0.1, 0.15) is 5.48 Å². The SMILES string of the molecule is [2H]C([2H])=C(C[Si](C)(C)C)C([2H])([2H])O. The molecule has 0 aromatic heterocycles. The van der Waals surface area contributed by atoms with Crippen LogP contribution in [-0.2, 0) is 0 Å². The van der Waals surface area contributed by atoms with E-state index >= 15 is 0 Å². The zero-order valence-electron chi connectivity index (χ0n) is 10.2. The third-order valence-electron chi connectivity index (χ3n) is 0.842. The van der Waals surface area contributed by atoms with Crippen molar-refractivity contribution in [3.63, 3.8) is 0 Å². The van der Waals surface area contributed by atoms with E-state index in [1.54, 1.807) is 0 Å². The summed E-state index contributed by atoms with van der Waals surface area (Å²) >= 11 is 0. The zero-order chi connectivity index (χ0) is 10.9. The van der Waals surface area contributed by atoms with Crippen LogP contribution in [0.3, 0.4) is 0 Å². The second kappa shape index (κ2) is 3.18. The number of aliphatic hydroxyl groups is 1. The molecule has 0 saturated carbocycles. The molecule has 0 amide bonds. The zero-order valence-corrected chi connectivity index (χ0v) is 7.15. The Morgan fingerprint density at radius 1 is 1.78 bits per heavy atom. The van der Waals surface area contributed by atoms with Gasteiger partial charge in [-0.15, -0.1) is 0 Å². The van der Waals surface area contributed by atoms with Crippen molar-refractivity contribution in [3.05, 3.63) is 12.1 Å². The van der Waals surface area contributed by atoms with Crippen molar-refractivity contribution in [3.8, 4) is 0 Å². The molecule has 0 atom stereocenters. The Morgan fingerprint density at radius 2 is 2.33 bits per heavy atom. The van der Waals surface area contributed by atoms with Gasteiger partial charge in [-0.05, 0) is 6.04 Å². The molecular weight excluding hydrogens is 128 g/mol. The van der Waals surface area contributed by atoms with Crippen LogP contribution in [0.4, 0.5) is 0 Å². The molecule has 2 heteroatoms. The van der Waals surface area contributed by atoms with Crippen molar-refractivity contribution >= 4 is 8.07 Å². The Bertz CT molecular complexity index is 210. The van der Waals surface area contributed by atoms with Gasteiger partial charge in [0.2, 0.25) is 0 Å². The molecule has 54 valence electrons. The molecule has 0 heterocycles. The third-order valence-corrected chi connectivity index (χ3v) is 2.26. The van der Waals surface area contributed by atoms with Crippen molar-refractivity contribution < 1.29 is 10.6 Å². The first-order valence-corrected chi connectivity index (χ1v) is 6.64. The van der Waals surface area contributed by atoms with Crippen LogP contribution in [0, 0.1) is 0 Å².